The van der Waals surface area contributed by atoms with Gasteiger partial charge in [-0.05, 0) is 31.9 Å². The lowest BCUT2D eigenvalue weighted by Gasteiger charge is -2.26. The molecule has 0 radical (unpaired) electrons. The van der Waals surface area contributed by atoms with Gasteiger partial charge in [0.1, 0.15) is 0 Å². The Balaban J connectivity index is 1.90. The number of benzene rings is 1. The molecule has 2 rings (SSSR count). The Labute approximate surface area is 122 Å². The van der Waals surface area contributed by atoms with Crippen molar-refractivity contribution in [3.8, 4) is 0 Å². The highest BCUT2D eigenvalue weighted by Crippen LogP contribution is 2.14. The molecule has 1 saturated heterocycles. The SMILES string of the molecule is CC(C)(C)NCc1cccc(CN2CCSCC2)c1. The molecule has 1 aliphatic heterocycles. The molecule has 1 aliphatic rings. The third-order valence-electron chi connectivity index (χ3n) is 3.32. The highest BCUT2D eigenvalue weighted by molar-refractivity contribution is 7.99. The van der Waals surface area contributed by atoms with Gasteiger partial charge in [0.25, 0.3) is 0 Å². The van der Waals surface area contributed by atoms with Crippen LogP contribution in [0.4, 0.5) is 0 Å². The summed E-state index contributed by atoms with van der Waals surface area (Å²) in [4.78, 5) is 2.56. The number of nitrogens with zero attached hydrogens (tertiary/aromatic N) is 1. The molecule has 2 nitrogen and oxygen atoms in total. The Bertz CT molecular complexity index is 392. The molecule has 1 N–H and O–H groups in total. The van der Waals surface area contributed by atoms with E-state index in [-0.39, 0.29) is 5.54 Å². The van der Waals surface area contributed by atoms with E-state index in [0.717, 1.165) is 13.1 Å². The molecule has 0 amide bonds. The Kier molecular flexibility index (Phi) is 5.31. The maximum absolute atomic E-state index is 3.55. The van der Waals surface area contributed by atoms with Gasteiger partial charge in [0, 0.05) is 43.2 Å². The van der Waals surface area contributed by atoms with E-state index < -0.39 is 0 Å². The molecule has 1 heterocycles. The predicted octanol–water partition coefficient (Wildman–Crippen LogP) is 3.12. The second-order valence-corrected chi connectivity index (χ2v) is 7.54. The molecule has 0 atom stereocenters. The lowest BCUT2D eigenvalue weighted by atomic mass is 10.1. The maximum Gasteiger partial charge on any atom is 0.0234 e. The van der Waals surface area contributed by atoms with Crippen LogP contribution >= 0.6 is 11.8 Å². The van der Waals surface area contributed by atoms with Crippen LogP contribution in [0.1, 0.15) is 31.9 Å². The average molecular weight is 278 g/mol. The minimum Gasteiger partial charge on any atom is -0.308 e. The number of nitrogens with one attached hydrogen (secondary N) is 1. The van der Waals surface area contributed by atoms with Gasteiger partial charge in [-0.3, -0.25) is 4.90 Å². The van der Waals surface area contributed by atoms with E-state index in [1.165, 1.54) is 35.7 Å². The van der Waals surface area contributed by atoms with Gasteiger partial charge in [-0.15, -0.1) is 0 Å². The zero-order valence-electron chi connectivity index (χ0n) is 12.4. The summed E-state index contributed by atoms with van der Waals surface area (Å²) in [6.07, 6.45) is 0. The fourth-order valence-electron chi connectivity index (χ4n) is 2.22. The molecule has 0 aliphatic carbocycles. The number of thioether (sulfide) groups is 1. The summed E-state index contributed by atoms with van der Waals surface area (Å²) >= 11 is 2.07. The first-order valence-electron chi connectivity index (χ1n) is 7.16. The van der Waals surface area contributed by atoms with Gasteiger partial charge in [0.2, 0.25) is 0 Å². The molecule has 3 heteroatoms. The summed E-state index contributed by atoms with van der Waals surface area (Å²) in [5, 5.41) is 3.55. The van der Waals surface area contributed by atoms with Gasteiger partial charge in [-0.25, -0.2) is 0 Å². The molecule has 0 saturated carbocycles. The van der Waals surface area contributed by atoms with Crippen LogP contribution in [-0.2, 0) is 13.1 Å². The van der Waals surface area contributed by atoms with E-state index >= 15 is 0 Å². The Hall–Kier alpha value is -0.510. The Morgan fingerprint density at radius 2 is 1.84 bits per heavy atom. The van der Waals surface area contributed by atoms with Crippen LogP contribution < -0.4 is 5.32 Å². The summed E-state index contributed by atoms with van der Waals surface area (Å²) in [5.74, 6) is 2.57. The van der Waals surface area contributed by atoms with Gasteiger partial charge >= 0.3 is 0 Å². The Morgan fingerprint density at radius 1 is 1.16 bits per heavy atom. The minimum absolute atomic E-state index is 0.181. The van der Waals surface area contributed by atoms with Crippen LogP contribution in [0, 0.1) is 0 Å². The van der Waals surface area contributed by atoms with Crippen LogP contribution in [0.5, 0.6) is 0 Å². The van der Waals surface area contributed by atoms with Gasteiger partial charge < -0.3 is 5.32 Å². The van der Waals surface area contributed by atoms with Crippen LogP contribution in [0.3, 0.4) is 0 Å². The molecular weight excluding hydrogens is 252 g/mol. The van der Waals surface area contributed by atoms with E-state index in [1.807, 2.05) is 0 Å². The van der Waals surface area contributed by atoms with Crippen molar-refractivity contribution in [2.24, 2.45) is 0 Å². The first-order valence-corrected chi connectivity index (χ1v) is 8.31. The lowest BCUT2D eigenvalue weighted by molar-refractivity contribution is 0.294. The monoisotopic (exact) mass is 278 g/mol. The van der Waals surface area contributed by atoms with Crippen molar-refractivity contribution in [2.45, 2.75) is 39.4 Å². The molecule has 106 valence electrons. The summed E-state index contributed by atoms with van der Waals surface area (Å²) in [7, 11) is 0. The van der Waals surface area contributed by atoms with E-state index in [1.54, 1.807) is 0 Å². The van der Waals surface area contributed by atoms with Crippen LogP contribution in [-0.4, -0.2) is 35.0 Å². The topological polar surface area (TPSA) is 15.3 Å². The van der Waals surface area contributed by atoms with Crippen molar-refractivity contribution in [3.63, 3.8) is 0 Å². The largest absolute Gasteiger partial charge is 0.308 e. The van der Waals surface area contributed by atoms with Crippen molar-refractivity contribution < 1.29 is 0 Å². The number of rotatable bonds is 4. The van der Waals surface area contributed by atoms with E-state index in [4.69, 9.17) is 0 Å². The molecule has 0 bridgehead atoms. The first-order chi connectivity index (χ1) is 9.03. The van der Waals surface area contributed by atoms with Crippen molar-refractivity contribution in [1.82, 2.24) is 10.2 Å². The highest BCUT2D eigenvalue weighted by atomic mass is 32.2. The Morgan fingerprint density at radius 3 is 2.53 bits per heavy atom. The molecule has 0 spiro atoms. The third kappa shape index (κ3) is 5.55. The molecule has 0 unspecified atom stereocenters. The van der Waals surface area contributed by atoms with Crippen molar-refractivity contribution in [1.29, 1.82) is 0 Å². The van der Waals surface area contributed by atoms with E-state index in [2.05, 4.69) is 67.0 Å². The normalized spacial score (nSPS) is 17.6. The predicted molar refractivity (Wildman–Crippen MR) is 85.6 cm³/mol. The standard InChI is InChI=1S/C16H26N2S/c1-16(2,3)17-12-14-5-4-6-15(11-14)13-18-7-9-19-10-8-18/h4-6,11,17H,7-10,12-13H2,1-3H3. The third-order valence-corrected chi connectivity index (χ3v) is 4.27. The summed E-state index contributed by atoms with van der Waals surface area (Å²) < 4.78 is 0. The fourth-order valence-corrected chi connectivity index (χ4v) is 3.20. The van der Waals surface area contributed by atoms with E-state index in [0.29, 0.717) is 0 Å². The maximum atomic E-state index is 3.55. The lowest BCUT2D eigenvalue weighted by Crippen LogP contribution is -2.35. The molecule has 19 heavy (non-hydrogen) atoms. The molecule has 1 fully saturated rings. The summed E-state index contributed by atoms with van der Waals surface area (Å²) in [6, 6.07) is 9.00. The zero-order chi connectivity index (χ0) is 13.7. The first kappa shape index (κ1) is 14.9. The minimum atomic E-state index is 0.181. The second-order valence-electron chi connectivity index (χ2n) is 6.31. The second kappa shape index (κ2) is 6.78. The van der Waals surface area contributed by atoms with Crippen molar-refractivity contribution >= 4 is 11.8 Å². The molecule has 0 aromatic heterocycles. The number of hydrogen-bond donors (Lipinski definition) is 1. The van der Waals surface area contributed by atoms with Gasteiger partial charge in [-0.1, -0.05) is 24.3 Å². The van der Waals surface area contributed by atoms with Crippen LogP contribution in [0.15, 0.2) is 24.3 Å². The molecule has 1 aromatic rings. The van der Waals surface area contributed by atoms with Crippen molar-refractivity contribution in [3.05, 3.63) is 35.4 Å². The average Bonchev–Trinajstić information content (AvgIpc) is 2.37. The summed E-state index contributed by atoms with van der Waals surface area (Å²) in [6.45, 7) is 11.1. The fraction of sp³-hybridized carbons (Fsp3) is 0.625. The quantitative estimate of drug-likeness (QED) is 0.911. The van der Waals surface area contributed by atoms with Crippen molar-refractivity contribution in [2.75, 3.05) is 24.6 Å². The van der Waals surface area contributed by atoms with E-state index in [9.17, 15) is 0 Å². The number of hydrogen-bond acceptors (Lipinski definition) is 3. The van der Waals surface area contributed by atoms with Gasteiger partial charge in [-0.2, -0.15) is 11.8 Å². The highest BCUT2D eigenvalue weighted by Gasteiger charge is 2.11. The van der Waals surface area contributed by atoms with Gasteiger partial charge in [0.05, 0.1) is 0 Å². The molecular formula is C16H26N2S. The smallest absolute Gasteiger partial charge is 0.0234 e. The summed E-state index contributed by atoms with van der Waals surface area (Å²) in [5.41, 5.74) is 3.01. The molecule has 1 aromatic carbocycles. The van der Waals surface area contributed by atoms with Crippen LogP contribution in [0.2, 0.25) is 0 Å². The van der Waals surface area contributed by atoms with Crippen LogP contribution in [0.25, 0.3) is 0 Å². The zero-order valence-corrected chi connectivity index (χ0v) is 13.2. The van der Waals surface area contributed by atoms with Gasteiger partial charge in [0.15, 0.2) is 0 Å².